The molecular weight excluding hydrogens is 351 g/mol. The lowest BCUT2D eigenvalue weighted by Gasteiger charge is -2.16. The van der Waals surface area contributed by atoms with Crippen LogP contribution in [-0.2, 0) is 20.8 Å². The summed E-state index contributed by atoms with van der Waals surface area (Å²) in [4.78, 5) is 35.4. The zero-order valence-electron chi connectivity index (χ0n) is 14.6. The molecule has 1 atom stereocenters. The molecule has 0 bridgehead atoms. The van der Waals surface area contributed by atoms with E-state index in [2.05, 4.69) is 10.6 Å². The van der Waals surface area contributed by atoms with Crippen molar-refractivity contribution in [2.24, 2.45) is 0 Å². The molecule has 2 amide bonds. The van der Waals surface area contributed by atoms with Crippen LogP contribution < -0.4 is 10.6 Å². The molecule has 1 unspecified atom stereocenters. The average molecular weight is 370 g/mol. The van der Waals surface area contributed by atoms with Crippen LogP contribution in [0.5, 0.6) is 0 Å². The molecule has 0 fully saturated rings. The van der Waals surface area contributed by atoms with Gasteiger partial charge in [0.25, 0.3) is 5.91 Å². The Morgan fingerprint density at radius 2 is 1.70 bits per heavy atom. The Labute approximate surface area is 155 Å². The molecule has 2 rings (SSSR count). The van der Waals surface area contributed by atoms with E-state index in [1.807, 2.05) is 0 Å². The second-order valence-corrected chi connectivity index (χ2v) is 5.84. The molecule has 7 heteroatoms. The van der Waals surface area contributed by atoms with Gasteiger partial charge in [0, 0.05) is 13.3 Å². The molecule has 0 saturated carbocycles. The molecule has 0 aliphatic carbocycles. The van der Waals surface area contributed by atoms with Crippen molar-refractivity contribution in [3.8, 4) is 0 Å². The normalized spacial score (nSPS) is 12.1. The SMILES string of the molecule is CC(=O)NC(=Cc1ccccc1)C(=O)NC(Cc1ccc(F)cc1)C(=O)O. The van der Waals surface area contributed by atoms with Crippen molar-refractivity contribution >= 4 is 23.9 Å². The Morgan fingerprint density at radius 3 is 2.26 bits per heavy atom. The van der Waals surface area contributed by atoms with Crippen LogP contribution in [0.25, 0.3) is 6.08 Å². The smallest absolute Gasteiger partial charge is 0.326 e. The first kappa shape index (κ1) is 19.8. The first-order chi connectivity index (χ1) is 12.8. The molecule has 6 nitrogen and oxygen atoms in total. The standard InChI is InChI=1S/C20H19FN2O4/c1-13(24)22-17(11-14-5-3-2-4-6-14)19(25)23-18(20(26)27)12-15-7-9-16(21)10-8-15/h2-11,18H,12H2,1H3,(H,22,24)(H,23,25)(H,26,27). The first-order valence-corrected chi connectivity index (χ1v) is 8.17. The Bertz CT molecular complexity index is 848. The predicted octanol–water partition coefficient (Wildman–Crippen LogP) is 2.11. The molecule has 2 aromatic carbocycles. The number of carbonyl (C=O) groups excluding carboxylic acids is 2. The molecule has 3 N–H and O–H groups in total. The summed E-state index contributed by atoms with van der Waals surface area (Å²) in [6.45, 7) is 1.25. The Morgan fingerprint density at radius 1 is 1.07 bits per heavy atom. The topological polar surface area (TPSA) is 95.5 Å². The van der Waals surface area contributed by atoms with Gasteiger partial charge in [-0.25, -0.2) is 9.18 Å². The number of carboxylic acids is 1. The van der Waals surface area contributed by atoms with E-state index in [1.54, 1.807) is 30.3 Å². The van der Waals surface area contributed by atoms with Gasteiger partial charge < -0.3 is 15.7 Å². The third-order valence-electron chi connectivity index (χ3n) is 3.62. The van der Waals surface area contributed by atoms with Crippen LogP contribution in [0, 0.1) is 5.82 Å². The van der Waals surface area contributed by atoms with Crippen LogP contribution in [0.4, 0.5) is 4.39 Å². The third-order valence-corrected chi connectivity index (χ3v) is 3.62. The van der Waals surface area contributed by atoms with Gasteiger partial charge in [0.15, 0.2) is 0 Å². The fourth-order valence-electron chi connectivity index (χ4n) is 2.36. The Balaban J connectivity index is 2.19. The summed E-state index contributed by atoms with van der Waals surface area (Å²) in [6, 6.07) is 12.9. The average Bonchev–Trinajstić information content (AvgIpc) is 2.62. The number of aliphatic carboxylic acids is 1. The number of halogens is 1. The Kier molecular flexibility index (Phi) is 6.82. The first-order valence-electron chi connectivity index (χ1n) is 8.17. The third kappa shape index (κ3) is 6.39. The molecule has 0 saturated heterocycles. The lowest BCUT2D eigenvalue weighted by atomic mass is 10.1. The molecular formula is C20H19FN2O4. The Hall–Kier alpha value is -3.48. The minimum absolute atomic E-state index is 0.0277. The summed E-state index contributed by atoms with van der Waals surface area (Å²) < 4.78 is 13.0. The summed E-state index contributed by atoms with van der Waals surface area (Å²) in [5, 5.41) is 14.2. The van der Waals surface area contributed by atoms with Crippen molar-refractivity contribution in [3.05, 3.63) is 77.2 Å². The van der Waals surface area contributed by atoms with Crippen molar-refractivity contribution in [1.29, 1.82) is 0 Å². The highest BCUT2D eigenvalue weighted by atomic mass is 19.1. The second-order valence-electron chi connectivity index (χ2n) is 5.84. The fourth-order valence-corrected chi connectivity index (χ4v) is 2.36. The van der Waals surface area contributed by atoms with E-state index in [1.165, 1.54) is 37.3 Å². The largest absolute Gasteiger partial charge is 0.480 e. The van der Waals surface area contributed by atoms with Crippen LogP contribution in [-0.4, -0.2) is 28.9 Å². The maximum atomic E-state index is 13.0. The quantitative estimate of drug-likeness (QED) is 0.651. The summed E-state index contributed by atoms with van der Waals surface area (Å²) in [5.74, 6) is -2.87. The van der Waals surface area contributed by atoms with Gasteiger partial charge in [-0.15, -0.1) is 0 Å². The minimum Gasteiger partial charge on any atom is -0.480 e. The molecule has 0 aliphatic heterocycles. The minimum atomic E-state index is -1.24. The van der Waals surface area contributed by atoms with Gasteiger partial charge in [0.1, 0.15) is 17.6 Å². The summed E-state index contributed by atoms with van der Waals surface area (Å²) in [6.07, 6.45) is 1.42. The molecule has 0 spiro atoms. The van der Waals surface area contributed by atoms with Crippen molar-refractivity contribution < 1.29 is 23.9 Å². The highest BCUT2D eigenvalue weighted by Crippen LogP contribution is 2.09. The van der Waals surface area contributed by atoms with E-state index in [0.717, 1.165) is 0 Å². The highest BCUT2D eigenvalue weighted by molar-refractivity contribution is 6.02. The van der Waals surface area contributed by atoms with E-state index in [4.69, 9.17) is 0 Å². The van der Waals surface area contributed by atoms with Crippen LogP contribution in [0.1, 0.15) is 18.1 Å². The molecule has 27 heavy (non-hydrogen) atoms. The lowest BCUT2D eigenvalue weighted by molar-refractivity contribution is -0.141. The van der Waals surface area contributed by atoms with E-state index in [0.29, 0.717) is 11.1 Å². The van der Waals surface area contributed by atoms with Crippen LogP contribution in [0.15, 0.2) is 60.3 Å². The van der Waals surface area contributed by atoms with Crippen LogP contribution in [0.2, 0.25) is 0 Å². The van der Waals surface area contributed by atoms with Crippen molar-refractivity contribution in [2.75, 3.05) is 0 Å². The monoisotopic (exact) mass is 370 g/mol. The molecule has 0 heterocycles. The van der Waals surface area contributed by atoms with Crippen molar-refractivity contribution in [3.63, 3.8) is 0 Å². The predicted molar refractivity (Wildman–Crippen MR) is 97.9 cm³/mol. The summed E-state index contributed by atoms with van der Waals surface area (Å²) in [7, 11) is 0. The maximum Gasteiger partial charge on any atom is 0.326 e. The van der Waals surface area contributed by atoms with Gasteiger partial charge in [-0.2, -0.15) is 0 Å². The highest BCUT2D eigenvalue weighted by Gasteiger charge is 2.23. The summed E-state index contributed by atoms with van der Waals surface area (Å²) >= 11 is 0. The summed E-state index contributed by atoms with van der Waals surface area (Å²) in [5.41, 5.74) is 1.15. The van der Waals surface area contributed by atoms with E-state index < -0.39 is 29.6 Å². The van der Waals surface area contributed by atoms with Crippen molar-refractivity contribution in [1.82, 2.24) is 10.6 Å². The molecule has 0 radical (unpaired) electrons. The zero-order chi connectivity index (χ0) is 19.8. The number of benzene rings is 2. The zero-order valence-corrected chi connectivity index (χ0v) is 14.6. The van der Waals surface area contributed by atoms with Crippen molar-refractivity contribution in [2.45, 2.75) is 19.4 Å². The second kappa shape index (κ2) is 9.28. The van der Waals surface area contributed by atoms with Gasteiger partial charge >= 0.3 is 5.97 Å². The molecule has 2 aromatic rings. The van der Waals surface area contributed by atoms with Gasteiger partial charge in [0.05, 0.1) is 0 Å². The van der Waals surface area contributed by atoms with E-state index in [9.17, 15) is 23.9 Å². The fraction of sp³-hybridized carbons (Fsp3) is 0.150. The lowest BCUT2D eigenvalue weighted by Crippen LogP contribution is -2.45. The number of nitrogens with one attached hydrogen (secondary N) is 2. The van der Waals surface area contributed by atoms with Gasteiger partial charge in [-0.05, 0) is 29.3 Å². The van der Waals surface area contributed by atoms with Gasteiger partial charge in [-0.1, -0.05) is 42.5 Å². The van der Waals surface area contributed by atoms with Gasteiger partial charge in [0.2, 0.25) is 5.91 Å². The number of carboxylic acid groups (broad SMARTS) is 1. The van der Waals surface area contributed by atoms with E-state index in [-0.39, 0.29) is 12.1 Å². The number of carbonyl (C=O) groups is 3. The number of hydrogen-bond acceptors (Lipinski definition) is 3. The molecule has 0 aromatic heterocycles. The maximum absolute atomic E-state index is 13.0. The van der Waals surface area contributed by atoms with Crippen LogP contribution >= 0.6 is 0 Å². The van der Waals surface area contributed by atoms with E-state index >= 15 is 0 Å². The van der Waals surface area contributed by atoms with Gasteiger partial charge in [-0.3, -0.25) is 9.59 Å². The number of rotatable bonds is 7. The van der Waals surface area contributed by atoms with Crippen LogP contribution in [0.3, 0.4) is 0 Å². The molecule has 0 aliphatic rings. The number of hydrogen-bond donors (Lipinski definition) is 3. The molecule has 140 valence electrons. The number of amides is 2.